The van der Waals surface area contributed by atoms with Gasteiger partial charge in [-0.1, -0.05) is 136 Å². The fourth-order valence-electron chi connectivity index (χ4n) is 4.58. The first-order valence-corrected chi connectivity index (χ1v) is 15.4. The molecule has 0 rings (SSSR count). The highest BCUT2D eigenvalue weighted by molar-refractivity contribution is 7.48. The second-order valence-electron chi connectivity index (χ2n) is 9.64. The lowest BCUT2D eigenvalue weighted by atomic mass is 9.85. The molecule has 202 valence electrons. The van der Waals surface area contributed by atoms with Gasteiger partial charge in [0.05, 0.1) is 5.60 Å². The molecule has 0 aliphatic carbocycles. The van der Waals surface area contributed by atoms with Crippen molar-refractivity contribution in [1.82, 2.24) is 0 Å². The molecule has 0 spiro atoms. The highest BCUT2D eigenvalue weighted by Crippen LogP contribution is 2.54. The summed E-state index contributed by atoms with van der Waals surface area (Å²) in [6, 6.07) is 0. The van der Waals surface area contributed by atoms with Crippen LogP contribution >= 0.6 is 17.7 Å². The van der Waals surface area contributed by atoms with E-state index < -0.39 is 7.82 Å². The first-order valence-electron chi connectivity index (χ1n) is 13.9. The van der Waals surface area contributed by atoms with E-state index in [1.165, 1.54) is 111 Å². The predicted molar refractivity (Wildman–Crippen MR) is 151 cm³/mol. The van der Waals surface area contributed by atoms with Crippen molar-refractivity contribution < 1.29 is 18.1 Å². The molecule has 0 saturated heterocycles. The van der Waals surface area contributed by atoms with Crippen molar-refractivity contribution in [2.24, 2.45) is 0 Å². The quantitative estimate of drug-likeness (QED) is 0.0905. The zero-order valence-electron chi connectivity index (χ0n) is 23.1. The Balaban J connectivity index is 0. The van der Waals surface area contributed by atoms with Gasteiger partial charge in [0.1, 0.15) is 0 Å². The summed E-state index contributed by atoms with van der Waals surface area (Å²) < 4.78 is 29.8. The Morgan fingerprint density at radius 2 is 0.788 bits per heavy atom. The average molecular weight is 511 g/mol. The van der Waals surface area contributed by atoms with Gasteiger partial charge in [-0.25, -0.2) is 4.57 Å². The molecule has 0 aromatic carbocycles. The molecule has 0 amide bonds. The van der Waals surface area contributed by atoms with Gasteiger partial charge >= 0.3 is 7.82 Å². The normalized spacial score (nSPS) is 12.2. The molecule has 0 aromatic rings. The Morgan fingerprint density at radius 1 is 0.515 bits per heavy atom. The van der Waals surface area contributed by atoms with E-state index in [-0.39, 0.29) is 15.5 Å². The lowest BCUT2D eigenvalue weighted by Gasteiger charge is -2.36. The van der Waals surface area contributed by atoms with Crippen molar-refractivity contribution in [3.05, 3.63) is 0 Å². The number of hydrogen-bond donors (Lipinski definition) is 0. The third kappa shape index (κ3) is 19.4. The molecule has 4 nitrogen and oxygen atoms in total. The minimum Gasteiger partial charge on any atom is -0.290 e. The zero-order valence-corrected chi connectivity index (χ0v) is 25.4. The average Bonchev–Trinajstić information content (AvgIpc) is 2.80. The van der Waals surface area contributed by atoms with Crippen LogP contribution in [0.2, 0.25) is 0 Å². The number of hydrogen-bond acceptors (Lipinski definition) is 4. The van der Waals surface area contributed by atoms with Crippen LogP contribution in [0.1, 0.15) is 156 Å². The van der Waals surface area contributed by atoms with Crippen molar-refractivity contribution >= 4 is 17.7 Å². The van der Waals surface area contributed by atoms with E-state index >= 15 is 0 Å². The molecular weight excluding hydrogens is 450 g/mol. The second-order valence-corrected chi connectivity index (χ2v) is 11.4. The summed E-state index contributed by atoms with van der Waals surface area (Å²) in [7, 11) is -0.622. The van der Waals surface area contributed by atoms with Gasteiger partial charge in [0.25, 0.3) is 0 Å². The van der Waals surface area contributed by atoms with Gasteiger partial charge in [-0.2, -0.15) is 9.90 Å². The van der Waals surface area contributed by atoms with Crippen LogP contribution in [0.25, 0.3) is 0 Å². The van der Waals surface area contributed by atoms with Crippen LogP contribution in [0, 0.1) is 0 Å². The molecule has 0 saturated carbocycles. The minimum absolute atomic E-state index is 0. The fraction of sp³-hybridized carbons (Fsp3) is 1.00. The number of rotatable bonds is 25. The lowest BCUT2D eigenvalue weighted by molar-refractivity contribution is -0.00446. The summed E-state index contributed by atoms with van der Waals surface area (Å²) in [6.07, 6.45) is 25.5. The van der Waals surface area contributed by atoms with Crippen molar-refractivity contribution in [1.29, 1.82) is 0 Å². The van der Waals surface area contributed by atoms with E-state index in [1.54, 1.807) is 0 Å². The van der Waals surface area contributed by atoms with Gasteiger partial charge in [-0.05, 0) is 19.3 Å². The highest BCUT2D eigenvalue weighted by atomic mass is 31.2. The Bertz CT molecular complexity index is 397. The van der Waals surface area contributed by atoms with E-state index in [1.807, 2.05) is 0 Å². The fourth-order valence-corrected chi connectivity index (χ4v) is 5.63. The standard InChI is InChI=1S/C27H57O4P.H3P/c1-6-9-12-15-18-21-24-27(31-32(28,29-4)30-5,25-22-19-16-13-10-7-2)26-23-20-17-14-11-8-3;/h6-26H2,1-5H3;1H3. The monoisotopic (exact) mass is 510 g/mol. The molecule has 6 heteroatoms. The smallest absolute Gasteiger partial charge is 0.290 e. The Morgan fingerprint density at radius 3 is 1.06 bits per heavy atom. The Hall–Kier alpha value is 0.540. The summed E-state index contributed by atoms with van der Waals surface area (Å²) in [5.41, 5.74) is -0.387. The van der Waals surface area contributed by atoms with Crippen molar-refractivity contribution in [3.63, 3.8) is 0 Å². The highest BCUT2D eigenvalue weighted by Gasteiger charge is 2.39. The van der Waals surface area contributed by atoms with E-state index in [0.717, 1.165) is 38.5 Å². The largest absolute Gasteiger partial charge is 0.474 e. The molecule has 33 heavy (non-hydrogen) atoms. The summed E-state index contributed by atoms with van der Waals surface area (Å²) in [4.78, 5) is 0. The van der Waals surface area contributed by atoms with Gasteiger partial charge < -0.3 is 0 Å². The van der Waals surface area contributed by atoms with Gasteiger partial charge in [0, 0.05) is 14.2 Å². The van der Waals surface area contributed by atoms with Crippen molar-refractivity contribution in [3.8, 4) is 0 Å². The van der Waals surface area contributed by atoms with Gasteiger partial charge in [0.15, 0.2) is 0 Å². The number of phosphoric ester groups is 1. The molecule has 0 fully saturated rings. The minimum atomic E-state index is -3.50. The summed E-state index contributed by atoms with van der Waals surface area (Å²) >= 11 is 0. The molecule has 0 aromatic heterocycles. The third-order valence-corrected chi connectivity index (χ3v) is 8.22. The van der Waals surface area contributed by atoms with Crippen LogP contribution in [0.3, 0.4) is 0 Å². The van der Waals surface area contributed by atoms with Gasteiger partial charge in [0.2, 0.25) is 0 Å². The summed E-state index contributed by atoms with van der Waals surface area (Å²) in [6.45, 7) is 6.77. The first-order chi connectivity index (χ1) is 15.5. The molecular formula is C27H60O4P2. The molecule has 1 atom stereocenters. The maximum absolute atomic E-state index is 13.0. The SMILES string of the molecule is CCCCCCCCC(CCCCCCCC)(CCCCCCCC)OP(=O)(OC)OC.P. The topological polar surface area (TPSA) is 44.8 Å². The van der Waals surface area contributed by atoms with Crippen LogP contribution in [-0.2, 0) is 18.1 Å². The molecule has 0 heterocycles. The van der Waals surface area contributed by atoms with E-state index in [0.29, 0.717) is 0 Å². The maximum atomic E-state index is 13.0. The number of unbranched alkanes of at least 4 members (excludes halogenated alkanes) is 15. The Kier molecular flexibility index (Phi) is 26.2. The molecule has 0 aliphatic rings. The van der Waals surface area contributed by atoms with Crippen molar-refractivity contribution in [2.45, 2.75) is 161 Å². The van der Waals surface area contributed by atoms with Crippen molar-refractivity contribution in [2.75, 3.05) is 14.2 Å². The van der Waals surface area contributed by atoms with Crippen LogP contribution in [-0.4, -0.2) is 19.8 Å². The first kappa shape index (κ1) is 35.7. The van der Waals surface area contributed by atoms with Crippen LogP contribution in [0.15, 0.2) is 0 Å². The van der Waals surface area contributed by atoms with Gasteiger partial charge in [-0.3, -0.25) is 13.6 Å². The van der Waals surface area contributed by atoms with Crippen LogP contribution in [0.4, 0.5) is 0 Å². The molecule has 0 bridgehead atoms. The van der Waals surface area contributed by atoms with E-state index in [2.05, 4.69) is 20.8 Å². The summed E-state index contributed by atoms with van der Waals surface area (Å²) in [5, 5.41) is 0. The van der Waals surface area contributed by atoms with Crippen LogP contribution < -0.4 is 0 Å². The molecule has 0 aliphatic heterocycles. The molecule has 1 unspecified atom stereocenters. The van der Waals surface area contributed by atoms with Crippen LogP contribution in [0.5, 0.6) is 0 Å². The second kappa shape index (κ2) is 24.2. The molecule has 0 radical (unpaired) electrons. The maximum Gasteiger partial charge on any atom is 0.474 e. The Labute approximate surface area is 211 Å². The lowest BCUT2D eigenvalue weighted by Crippen LogP contribution is -2.32. The predicted octanol–water partition coefficient (Wildman–Crippen LogP) is 10.5. The third-order valence-electron chi connectivity index (χ3n) is 6.71. The van der Waals surface area contributed by atoms with E-state index in [9.17, 15) is 4.57 Å². The van der Waals surface area contributed by atoms with E-state index in [4.69, 9.17) is 13.6 Å². The molecule has 0 N–H and O–H groups in total. The van der Waals surface area contributed by atoms with Gasteiger partial charge in [-0.15, -0.1) is 0 Å². The number of phosphoric acid groups is 1. The summed E-state index contributed by atoms with van der Waals surface area (Å²) in [5.74, 6) is 0. The zero-order chi connectivity index (χ0) is 24.0.